The molecule has 0 bridgehead atoms. The van der Waals surface area contributed by atoms with Crippen molar-refractivity contribution in [2.24, 2.45) is 0 Å². The Bertz CT molecular complexity index is 2080. The summed E-state index contributed by atoms with van der Waals surface area (Å²) in [6, 6.07) is 37.4. The van der Waals surface area contributed by atoms with Crippen molar-refractivity contribution in [1.29, 1.82) is 0 Å². The highest BCUT2D eigenvalue weighted by atomic mass is 16.3. The zero-order valence-electron chi connectivity index (χ0n) is 20.9. The molecule has 0 saturated carbocycles. The summed E-state index contributed by atoms with van der Waals surface area (Å²) in [6.07, 6.45) is 2.00. The van der Waals surface area contributed by atoms with Gasteiger partial charge in [0.1, 0.15) is 11.3 Å². The minimum Gasteiger partial charge on any atom is -0.458 e. The smallest absolute Gasteiger partial charge is 0.166 e. The minimum atomic E-state index is 0.608. The second-order valence-corrected chi connectivity index (χ2v) is 9.77. The highest BCUT2D eigenvalue weighted by Gasteiger charge is 2.25. The molecule has 1 aliphatic heterocycles. The summed E-state index contributed by atoms with van der Waals surface area (Å²) in [5.74, 6) is 2.76. The van der Waals surface area contributed by atoms with Gasteiger partial charge < -0.3 is 9.73 Å². The number of hydrogen-bond acceptors (Lipinski definition) is 5. The molecule has 0 fully saturated rings. The van der Waals surface area contributed by atoms with Gasteiger partial charge in [-0.3, -0.25) is 0 Å². The minimum absolute atomic E-state index is 0.608. The molecule has 5 heteroatoms. The SMILES string of the molecule is C1=C(c2nc(-c3ccccc3)nc(-c3ccc4ccccc4c3)n2)c2c(oc3cc4ccccc4cc23)CN1. The first-order valence-corrected chi connectivity index (χ1v) is 13.0. The molecule has 5 aromatic carbocycles. The standard InChI is InChI=1S/C34H22N4O/c1-2-9-22(10-3-1)32-36-33(26-15-14-21-8-4-5-11-23(21)16-26)38-34(37-32)28-19-35-20-30-31(28)27-17-24-12-6-7-13-25(24)18-29(27)39-30/h1-19,35H,20H2. The van der Waals surface area contributed by atoms with Crippen LogP contribution in [-0.2, 0) is 6.54 Å². The summed E-state index contributed by atoms with van der Waals surface area (Å²) in [6.45, 7) is 0.609. The van der Waals surface area contributed by atoms with Gasteiger partial charge in [-0.25, -0.2) is 15.0 Å². The monoisotopic (exact) mass is 502 g/mol. The number of furan rings is 1. The molecule has 184 valence electrons. The maximum absolute atomic E-state index is 6.35. The van der Waals surface area contributed by atoms with E-state index in [1.54, 1.807) is 0 Å². The van der Waals surface area contributed by atoms with Crippen molar-refractivity contribution in [2.45, 2.75) is 6.54 Å². The molecule has 0 atom stereocenters. The molecule has 8 rings (SSSR count). The third-order valence-electron chi connectivity index (χ3n) is 7.32. The van der Waals surface area contributed by atoms with Crippen molar-refractivity contribution in [2.75, 3.05) is 0 Å². The van der Waals surface area contributed by atoms with Gasteiger partial charge in [0, 0.05) is 33.8 Å². The Hall–Kier alpha value is -5.29. The van der Waals surface area contributed by atoms with Crippen molar-refractivity contribution < 1.29 is 4.42 Å². The molecule has 0 spiro atoms. The molecule has 2 aromatic heterocycles. The number of nitrogens with one attached hydrogen (secondary N) is 1. The van der Waals surface area contributed by atoms with Crippen LogP contribution in [0.1, 0.15) is 17.1 Å². The van der Waals surface area contributed by atoms with Crippen LogP contribution in [0.4, 0.5) is 0 Å². The quantitative estimate of drug-likeness (QED) is 0.268. The van der Waals surface area contributed by atoms with Crippen LogP contribution in [0, 0.1) is 0 Å². The molecular formula is C34H22N4O. The van der Waals surface area contributed by atoms with E-state index < -0.39 is 0 Å². The molecule has 39 heavy (non-hydrogen) atoms. The van der Waals surface area contributed by atoms with Crippen LogP contribution in [0.15, 0.2) is 120 Å². The predicted molar refractivity (Wildman–Crippen MR) is 156 cm³/mol. The Labute approximate surface area is 224 Å². The van der Waals surface area contributed by atoms with Crippen molar-refractivity contribution in [1.82, 2.24) is 20.3 Å². The first-order valence-electron chi connectivity index (χ1n) is 13.0. The third-order valence-corrected chi connectivity index (χ3v) is 7.32. The molecule has 0 unspecified atom stereocenters. The fourth-order valence-corrected chi connectivity index (χ4v) is 5.42. The van der Waals surface area contributed by atoms with Gasteiger partial charge in [-0.05, 0) is 39.7 Å². The molecule has 1 aliphatic rings. The van der Waals surface area contributed by atoms with Crippen molar-refractivity contribution in [3.8, 4) is 22.8 Å². The molecule has 0 saturated heterocycles. The van der Waals surface area contributed by atoms with E-state index in [-0.39, 0.29) is 0 Å². The van der Waals surface area contributed by atoms with Gasteiger partial charge in [-0.2, -0.15) is 0 Å². The summed E-state index contributed by atoms with van der Waals surface area (Å²) < 4.78 is 6.35. The Balaban J connectivity index is 1.35. The van der Waals surface area contributed by atoms with Crippen LogP contribution in [0.2, 0.25) is 0 Å². The van der Waals surface area contributed by atoms with Crippen LogP contribution < -0.4 is 5.32 Å². The molecule has 1 N–H and O–H groups in total. The van der Waals surface area contributed by atoms with Gasteiger partial charge in [-0.15, -0.1) is 0 Å². The average Bonchev–Trinajstić information content (AvgIpc) is 3.37. The topological polar surface area (TPSA) is 63.8 Å². The zero-order valence-corrected chi connectivity index (χ0v) is 20.9. The second-order valence-electron chi connectivity index (χ2n) is 9.77. The zero-order chi connectivity index (χ0) is 25.8. The average molecular weight is 503 g/mol. The third kappa shape index (κ3) is 3.67. The number of benzene rings is 5. The maximum Gasteiger partial charge on any atom is 0.166 e. The lowest BCUT2D eigenvalue weighted by molar-refractivity contribution is 0.531. The van der Waals surface area contributed by atoms with Gasteiger partial charge in [0.2, 0.25) is 0 Å². The Morgan fingerprint density at radius 3 is 2.00 bits per heavy atom. The van der Waals surface area contributed by atoms with E-state index in [9.17, 15) is 0 Å². The van der Waals surface area contributed by atoms with Crippen molar-refractivity contribution in [3.63, 3.8) is 0 Å². The number of aromatic nitrogens is 3. The first kappa shape index (κ1) is 21.8. The summed E-state index contributed by atoms with van der Waals surface area (Å²) in [4.78, 5) is 15.0. The van der Waals surface area contributed by atoms with E-state index in [4.69, 9.17) is 19.4 Å². The molecule has 5 nitrogen and oxygen atoms in total. The maximum atomic E-state index is 6.35. The normalized spacial score (nSPS) is 12.9. The van der Waals surface area contributed by atoms with E-state index in [1.165, 1.54) is 10.8 Å². The van der Waals surface area contributed by atoms with Crippen LogP contribution in [0.3, 0.4) is 0 Å². The molecule has 0 radical (unpaired) electrons. The Kier molecular flexibility index (Phi) is 4.82. The number of rotatable bonds is 3. The highest BCUT2D eigenvalue weighted by Crippen LogP contribution is 2.38. The Morgan fingerprint density at radius 2 is 1.21 bits per heavy atom. The van der Waals surface area contributed by atoms with Crippen LogP contribution in [0.25, 0.3) is 60.9 Å². The molecule has 7 aromatic rings. The van der Waals surface area contributed by atoms with Crippen LogP contribution in [-0.4, -0.2) is 15.0 Å². The lowest BCUT2D eigenvalue weighted by atomic mass is 9.97. The second kappa shape index (κ2) is 8.64. The largest absolute Gasteiger partial charge is 0.458 e. The van der Waals surface area contributed by atoms with Gasteiger partial charge in [0.05, 0.1) is 6.54 Å². The highest BCUT2D eigenvalue weighted by molar-refractivity contribution is 6.03. The molecule has 0 aliphatic carbocycles. The summed E-state index contributed by atoms with van der Waals surface area (Å²) in [5, 5.41) is 9.09. The van der Waals surface area contributed by atoms with Gasteiger partial charge >= 0.3 is 0 Å². The van der Waals surface area contributed by atoms with Crippen LogP contribution >= 0.6 is 0 Å². The van der Waals surface area contributed by atoms with Gasteiger partial charge in [-0.1, -0.05) is 91.0 Å². The number of nitrogens with zero attached hydrogens (tertiary/aromatic N) is 3. The lowest BCUT2D eigenvalue weighted by Crippen LogP contribution is -2.14. The lowest BCUT2D eigenvalue weighted by Gasteiger charge is -2.15. The Morgan fingerprint density at radius 1 is 0.564 bits per heavy atom. The molecule has 0 amide bonds. The first-order chi connectivity index (χ1) is 19.3. The summed E-state index contributed by atoms with van der Waals surface area (Å²) >= 11 is 0. The fourth-order valence-electron chi connectivity index (χ4n) is 5.42. The van der Waals surface area contributed by atoms with Gasteiger partial charge in [0.15, 0.2) is 17.5 Å². The summed E-state index contributed by atoms with van der Waals surface area (Å²) in [5.41, 5.74) is 4.68. The fraction of sp³-hybridized carbons (Fsp3) is 0.0294. The van der Waals surface area contributed by atoms with Crippen molar-refractivity contribution in [3.05, 3.63) is 133 Å². The summed E-state index contributed by atoms with van der Waals surface area (Å²) in [7, 11) is 0. The molecule has 3 heterocycles. The molecular weight excluding hydrogens is 480 g/mol. The van der Waals surface area contributed by atoms with E-state index >= 15 is 0 Å². The van der Waals surface area contributed by atoms with Gasteiger partial charge in [0.25, 0.3) is 0 Å². The number of fused-ring (bicyclic) bond motifs is 5. The van der Waals surface area contributed by atoms with E-state index in [0.717, 1.165) is 49.8 Å². The van der Waals surface area contributed by atoms with Crippen LogP contribution in [0.5, 0.6) is 0 Å². The van der Waals surface area contributed by atoms with Crippen molar-refractivity contribution >= 4 is 38.1 Å². The van der Waals surface area contributed by atoms with E-state index in [0.29, 0.717) is 24.0 Å². The number of hydrogen-bond donors (Lipinski definition) is 1. The predicted octanol–water partition coefficient (Wildman–Crippen LogP) is 7.75. The van der Waals surface area contributed by atoms with E-state index in [1.807, 2.05) is 48.7 Å². The van der Waals surface area contributed by atoms with E-state index in [2.05, 4.69) is 72.0 Å².